The van der Waals surface area contributed by atoms with Crippen LogP contribution >= 0.6 is 0 Å². The van der Waals surface area contributed by atoms with Crippen LogP contribution in [0.15, 0.2) is 42.6 Å². The Labute approximate surface area is 147 Å². The lowest BCUT2D eigenvalue weighted by molar-refractivity contribution is -0.119. The number of carbonyl (C=O) groups is 1. The molecule has 2 rings (SSSR count). The number of nitrogens with zero attached hydrogens (tertiary/aromatic N) is 1. The van der Waals surface area contributed by atoms with E-state index in [0.717, 1.165) is 0 Å². The molecular weight excluding hydrogens is 320 g/mol. The van der Waals surface area contributed by atoms with Crippen molar-refractivity contribution in [3.05, 3.63) is 42.6 Å². The fraction of sp³-hybridized carbons (Fsp3) is 0.368. The second-order valence-corrected chi connectivity index (χ2v) is 6.16. The zero-order valence-corrected chi connectivity index (χ0v) is 14.8. The molecule has 0 aliphatic rings. The zero-order chi connectivity index (χ0) is 18.2. The van der Waals surface area contributed by atoms with Gasteiger partial charge in [0.15, 0.2) is 0 Å². The van der Waals surface area contributed by atoms with Gasteiger partial charge in [0.2, 0.25) is 11.8 Å². The van der Waals surface area contributed by atoms with E-state index >= 15 is 0 Å². The summed E-state index contributed by atoms with van der Waals surface area (Å²) >= 11 is 0. The molecule has 0 radical (unpaired) electrons. The summed E-state index contributed by atoms with van der Waals surface area (Å²) in [6, 6.07) is 10.8. The van der Waals surface area contributed by atoms with Crippen LogP contribution in [0.25, 0.3) is 0 Å². The van der Waals surface area contributed by atoms with Crippen molar-refractivity contribution in [2.75, 3.05) is 6.61 Å². The monoisotopic (exact) mass is 344 g/mol. The van der Waals surface area contributed by atoms with Gasteiger partial charge in [-0.1, -0.05) is 6.92 Å². The van der Waals surface area contributed by atoms with Crippen LogP contribution in [0.5, 0.6) is 23.1 Å². The number of nitrogens with two attached hydrogens (primary N) is 1. The second kappa shape index (κ2) is 8.92. The Hall–Kier alpha value is -2.76. The molecule has 2 N–H and O–H groups in total. The van der Waals surface area contributed by atoms with E-state index in [2.05, 4.69) is 4.98 Å². The molecule has 1 heterocycles. The first-order valence-corrected chi connectivity index (χ1v) is 8.24. The highest BCUT2D eigenvalue weighted by atomic mass is 16.5. The van der Waals surface area contributed by atoms with Gasteiger partial charge in [-0.15, -0.1) is 0 Å². The standard InChI is InChI=1S/C19H24N2O4/c1-13(2)24-17-8-9-19(21-11-17)25-16-6-4-15(5-7-16)23-12-14(3)10-18(20)22/h4-9,11,13-14H,10,12H2,1-3H3,(H2,20,22)/t14-/m0/s1. The third-order valence-electron chi connectivity index (χ3n) is 3.21. The Morgan fingerprint density at radius 1 is 1.04 bits per heavy atom. The number of benzene rings is 1. The van der Waals surface area contributed by atoms with E-state index in [1.54, 1.807) is 24.4 Å². The lowest BCUT2D eigenvalue weighted by Crippen LogP contribution is -2.18. The van der Waals surface area contributed by atoms with Crippen LogP contribution in [0.2, 0.25) is 0 Å². The Kier molecular flexibility index (Phi) is 6.62. The number of amides is 1. The van der Waals surface area contributed by atoms with Crippen molar-refractivity contribution in [2.24, 2.45) is 11.7 Å². The molecule has 0 unspecified atom stereocenters. The minimum atomic E-state index is -0.322. The molecule has 1 aromatic heterocycles. The topological polar surface area (TPSA) is 83.7 Å². The number of hydrogen-bond acceptors (Lipinski definition) is 5. The fourth-order valence-corrected chi connectivity index (χ4v) is 2.13. The van der Waals surface area contributed by atoms with Gasteiger partial charge in [-0.25, -0.2) is 4.98 Å². The van der Waals surface area contributed by atoms with Crippen LogP contribution in [0, 0.1) is 5.92 Å². The normalized spacial score (nSPS) is 11.8. The summed E-state index contributed by atoms with van der Waals surface area (Å²) in [5.74, 6) is 2.30. The van der Waals surface area contributed by atoms with Crippen LogP contribution in [0.4, 0.5) is 0 Å². The first kappa shape index (κ1) is 18.6. The second-order valence-electron chi connectivity index (χ2n) is 6.16. The Bertz CT molecular complexity index is 669. The van der Waals surface area contributed by atoms with E-state index in [0.29, 0.717) is 36.2 Å². The summed E-state index contributed by atoms with van der Waals surface area (Å²) in [5.41, 5.74) is 5.16. The summed E-state index contributed by atoms with van der Waals surface area (Å²) in [6.07, 6.45) is 2.04. The molecule has 6 heteroatoms. The molecular formula is C19H24N2O4. The maximum absolute atomic E-state index is 10.8. The number of ether oxygens (including phenoxy) is 3. The largest absolute Gasteiger partial charge is 0.493 e. The van der Waals surface area contributed by atoms with Crippen molar-refractivity contribution >= 4 is 5.91 Å². The molecule has 0 fully saturated rings. The highest BCUT2D eigenvalue weighted by Gasteiger charge is 2.07. The smallest absolute Gasteiger partial charge is 0.219 e. The minimum absolute atomic E-state index is 0.0733. The van der Waals surface area contributed by atoms with E-state index in [-0.39, 0.29) is 17.9 Å². The van der Waals surface area contributed by atoms with Crippen LogP contribution < -0.4 is 19.9 Å². The molecule has 6 nitrogen and oxygen atoms in total. The van der Waals surface area contributed by atoms with Crippen molar-refractivity contribution < 1.29 is 19.0 Å². The molecule has 134 valence electrons. The quantitative estimate of drug-likeness (QED) is 0.752. The average molecular weight is 344 g/mol. The predicted octanol–water partition coefficient (Wildman–Crippen LogP) is 3.55. The summed E-state index contributed by atoms with van der Waals surface area (Å²) in [7, 11) is 0. The first-order valence-electron chi connectivity index (χ1n) is 8.24. The zero-order valence-electron chi connectivity index (χ0n) is 14.8. The molecule has 0 saturated heterocycles. The van der Waals surface area contributed by atoms with E-state index in [1.807, 2.05) is 39.0 Å². The highest BCUT2D eigenvalue weighted by Crippen LogP contribution is 2.24. The van der Waals surface area contributed by atoms with E-state index in [1.165, 1.54) is 0 Å². The molecule has 2 aromatic rings. The molecule has 1 aromatic carbocycles. The Morgan fingerprint density at radius 2 is 1.68 bits per heavy atom. The van der Waals surface area contributed by atoms with Crippen molar-refractivity contribution in [1.82, 2.24) is 4.98 Å². The molecule has 0 aliphatic heterocycles. The minimum Gasteiger partial charge on any atom is -0.493 e. The van der Waals surface area contributed by atoms with Crippen LogP contribution in [-0.2, 0) is 4.79 Å². The lowest BCUT2D eigenvalue weighted by Gasteiger charge is -2.12. The van der Waals surface area contributed by atoms with E-state index < -0.39 is 0 Å². The lowest BCUT2D eigenvalue weighted by atomic mass is 10.1. The number of pyridine rings is 1. The van der Waals surface area contributed by atoms with E-state index in [9.17, 15) is 4.79 Å². The molecule has 1 atom stereocenters. The van der Waals surface area contributed by atoms with Crippen molar-refractivity contribution in [3.63, 3.8) is 0 Å². The van der Waals surface area contributed by atoms with Gasteiger partial charge < -0.3 is 19.9 Å². The van der Waals surface area contributed by atoms with Crippen molar-refractivity contribution in [3.8, 4) is 23.1 Å². The number of aromatic nitrogens is 1. The summed E-state index contributed by atoms with van der Waals surface area (Å²) < 4.78 is 16.9. The maximum atomic E-state index is 10.8. The molecule has 0 bridgehead atoms. The third kappa shape index (κ3) is 6.71. The number of primary amides is 1. The van der Waals surface area contributed by atoms with Gasteiger partial charge in [-0.05, 0) is 50.1 Å². The molecule has 0 saturated carbocycles. The summed E-state index contributed by atoms with van der Waals surface area (Å²) in [4.78, 5) is 15.1. The number of carbonyl (C=O) groups excluding carboxylic acids is 1. The van der Waals surface area contributed by atoms with Crippen LogP contribution in [0.1, 0.15) is 27.2 Å². The summed E-state index contributed by atoms with van der Waals surface area (Å²) in [6.45, 7) is 6.27. The first-order chi connectivity index (χ1) is 11.9. The van der Waals surface area contributed by atoms with Gasteiger partial charge in [0, 0.05) is 12.5 Å². The predicted molar refractivity (Wildman–Crippen MR) is 95.0 cm³/mol. The van der Waals surface area contributed by atoms with Gasteiger partial charge in [-0.3, -0.25) is 4.79 Å². The Morgan fingerprint density at radius 3 is 2.24 bits per heavy atom. The van der Waals surface area contributed by atoms with Gasteiger partial charge in [-0.2, -0.15) is 0 Å². The highest BCUT2D eigenvalue weighted by molar-refractivity contribution is 5.73. The van der Waals surface area contributed by atoms with E-state index in [4.69, 9.17) is 19.9 Å². The fourth-order valence-electron chi connectivity index (χ4n) is 2.13. The van der Waals surface area contributed by atoms with Crippen molar-refractivity contribution in [2.45, 2.75) is 33.3 Å². The summed E-state index contributed by atoms with van der Waals surface area (Å²) in [5, 5.41) is 0. The van der Waals surface area contributed by atoms with Gasteiger partial charge in [0.05, 0.1) is 18.9 Å². The molecule has 25 heavy (non-hydrogen) atoms. The average Bonchev–Trinajstić information content (AvgIpc) is 2.55. The SMILES string of the molecule is CC(C)Oc1ccc(Oc2ccc(OC[C@@H](C)CC(N)=O)cc2)nc1. The van der Waals surface area contributed by atoms with Gasteiger partial charge >= 0.3 is 0 Å². The Balaban J connectivity index is 1.86. The molecule has 1 amide bonds. The van der Waals surface area contributed by atoms with Crippen molar-refractivity contribution in [1.29, 1.82) is 0 Å². The van der Waals surface area contributed by atoms with Crippen LogP contribution in [0.3, 0.4) is 0 Å². The van der Waals surface area contributed by atoms with Gasteiger partial charge in [0.1, 0.15) is 17.2 Å². The maximum Gasteiger partial charge on any atom is 0.219 e. The molecule has 0 spiro atoms. The third-order valence-corrected chi connectivity index (χ3v) is 3.21. The van der Waals surface area contributed by atoms with Crippen LogP contribution in [-0.4, -0.2) is 23.6 Å². The molecule has 0 aliphatic carbocycles. The van der Waals surface area contributed by atoms with Gasteiger partial charge in [0.25, 0.3) is 0 Å². The number of rotatable bonds is 9. The number of hydrogen-bond donors (Lipinski definition) is 1.